The van der Waals surface area contributed by atoms with Gasteiger partial charge in [-0.05, 0) is 69.7 Å². The van der Waals surface area contributed by atoms with Gasteiger partial charge in [0.15, 0.2) is 5.65 Å². The van der Waals surface area contributed by atoms with Crippen LogP contribution in [0.25, 0.3) is 33.4 Å². The molecule has 0 unspecified atom stereocenters. The van der Waals surface area contributed by atoms with Gasteiger partial charge in [-0.1, -0.05) is 12.1 Å². The molecule has 200 valence electrons. The van der Waals surface area contributed by atoms with Gasteiger partial charge in [-0.25, -0.2) is 9.78 Å². The smallest absolute Gasteiger partial charge is 0.410 e. The summed E-state index contributed by atoms with van der Waals surface area (Å²) in [6.07, 6.45) is -0.272. The van der Waals surface area contributed by atoms with Crippen LogP contribution in [0.15, 0.2) is 48.5 Å². The molecule has 0 saturated carbocycles. The number of anilines is 1. The second-order valence-electron chi connectivity index (χ2n) is 10.6. The molecule has 1 N–H and O–H groups in total. The third-order valence-electron chi connectivity index (χ3n) is 6.82. The zero-order valence-corrected chi connectivity index (χ0v) is 22.9. The van der Waals surface area contributed by atoms with Crippen molar-refractivity contribution in [2.45, 2.75) is 33.3 Å². The first kappa shape index (κ1) is 26.0. The van der Waals surface area contributed by atoms with E-state index in [-0.39, 0.29) is 6.09 Å². The third-order valence-corrected chi connectivity index (χ3v) is 6.82. The summed E-state index contributed by atoms with van der Waals surface area (Å²) in [5.41, 5.74) is 5.60. The predicted molar refractivity (Wildman–Crippen MR) is 151 cm³/mol. The Bertz CT molecular complexity index is 1540. The Balaban J connectivity index is 1.45. The summed E-state index contributed by atoms with van der Waals surface area (Å²) in [5, 5.41) is 18.6. The van der Waals surface area contributed by atoms with Crippen LogP contribution in [0, 0.1) is 18.3 Å². The second-order valence-corrected chi connectivity index (χ2v) is 10.6. The first-order valence-corrected chi connectivity index (χ1v) is 12.9. The molecular weight excluding hydrogens is 492 g/mol. The number of rotatable bonds is 4. The van der Waals surface area contributed by atoms with Crippen LogP contribution in [-0.4, -0.2) is 65.1 Å². The molecule has 1 amide bonds. The van der Waals surface area contributed by atoms with Crippen LogP contribution in [-0.2, 0) is 4.74 Å². The number of nitrogens with one attached hydrogen (secondary N) is 1. The SMILES string of the molecule is COc1ccc(-c2nc3[nH]nc(C)c3c(-c3ccc(N4CCN(C(=O)OC(C)(C)C)CC4)cc3)c2C#N)cc1. The second kappa shape index (κ2) is 10.3. The van der Waals surface area contributed by atoms with E-state index in [2.05, 4.69) is 33.3 Å². The largest absolute Gasteiger partial charge is 0.497 e. The van der Waals surface area contributed by atoms with Gasteiger partial charge in [0.05, 0.1) is 29.4 Å². The number of methoxy groups -OCH3 is 1. The lowest BCUT2D eigenvalue weighted by Crippen LogP contribution is -2.50. The molecule has 5 rings (SSSR count). The van der Waals surface area contributed by atoms with Gasteiger partial charge in [0.1, 0.15) is 17.4 Å². The van der Waals surface area contributed by atoms with Crippen molar-refractivity contribution in [3.05, 3.63) is 59.8 Å². The van der Waals surface area contributed by atoms with E-state index in [1.807, 2.05) is 64.1 Å². The Morgan fingerprint density at radius 2 is 1.64 bits per heavy atom. The van der Waals surface area contributed by atoms with E-state index < -0.39 is 5.60 Å². The van der Waals surface area contributed by atoms with Crippen molar-refractivity contribution in [2.75, 3.05) is 38.2 Å². The lowest BCUT2D eigenvalue weighted by atomic mass is 9.93. The van der Waals surface area contributed by atoms with E-state index >= 15 is 0 Å². The van der Waals surface area contributed by atoms with Crippen LogP contribution in [0.4, 0.5) is 10.5 Å². The number of nitrogens with zero attached hydrogens (tertiary/aromatic N) is 5. The van der Waals surface area contributed by atoms with Crippen LogP contribution in [0.1, 0.15) is 32.0 Å². The summed E-state index contributed by atoms with van der Waals surface area (Å²) in [7, 11) is 1.62. The summed E-state index contributed by atoms with van der Waals surface area (Å²) in [4.78, 5) is 21.2. The van der Waals surface area contributed by atoms with Crippen molar-refractivity contribution in [3.8, 4) is 34.2 Å². The van der Waals surface area contributed by atoms with Crippen molar-refractivity contribution in [1.29, 1.82) is 5.26 Å². The Labute approximate surface area is 228 Å². The number of carbonyl (C=O) groups is 1. The number of nitriles is 1. The maximum Gasteiger partial charge on any atom is 0.410 e. The highest BCUT2D eigenvalue weighted by atomic mass is 16.6. The molecule has 2 aromatic heterocycles. The van der Waals surface area contributed by atoms with E-state index in [0.29, 0.717) is 43.1 Å². The standard InChI is InChI=1S/C30H32N6O3/c1-19-25-26(24(18-31)27(32-28(25)34-33-19)21-8-12-23(38-5)13-9-21)20-6-10-22(11-7-20)35-14-16-36(17-15-35)29(37)39-30(2,3)4/h6-13H,14-17H2,1-5H3,(H,32,33,34). The summed E-state index contributed by atoms with van der Waals surface area (Å²) in [5.74, 6) is 0.735. The van der Waals surface area contributed by atoms with Crippen molar-refractivity contribution >= 4 is 22.8 Å². The highest BCUT2D eigenvalue weighted by molar-refractivity contribution is 6.00. The topological polar surface area (TPSA) is 107 Å². The fraction of sp³-hybridized carbons (Fsp3) is 0.333. The molecule has 0 radical (unpaired) electrons. The fourth-order valence-corrected chi connectivity index (χ4v) is 4.88. The molecule has 0 spiro atoms. The summed E-state index contributed by atoms with van der Waals surface area (Å²) in [6.45, 7) is 10.2. The number of hydrogen-bond acceptors (Lipinski definition) is 7. The Morgan fingerprint density at radius 3 is 2.23 bits per heavy atom. The van der Waals surface area contributed by atoms with Gasteiger partial charge < -0.3 is 19.3 Å². The molecule has 39 heavy (non-hydrogen) atoms. The van der Waals surface area contributed by atoms with Gasteiger partial charge in [0, 0.05) is 43.0 Å². The van der Waals surface area contributed by atoms with Crippen molar-refractivity contribution < 1.29 is 14.3 Å². The number of aryl methyl sites for hydroxylation is 1. The zero-order valence-electron chi connectivity index (χ0n) is 22.9. The molecule has 0 atom stereocenters. The lowest BCUT2D eigenvalue weighted by Gasteiger charge is -2.36. The predicted octanol–water partition coefficient (Wildman–Crippen LogP) is 5.54. The van der Waals surface area contributed by atoms with Crippen molar-refractivity contribution in [1.82, 2.24) is 20.1 Å². The minimum Gasteiger partial charge on any atom is -0.497 e. The number of piperazine rings is 1. The first-order valence-electron chi connectivity index (χ1n) is 12.9. The number of amides is 1. The van der Waals surface area contributed by atoms with Crippen LogP contribution >= 0.6 is 0 Å². The number of H-pyrrole nitrogens is 1. The highest BCUT2D eigenvalue weighted by Crippen LogP contribution is 2.38. The van der Waals surface area contributed by atoms with Crippen molar-refractivity contribution in [3.63, 3.8) is 0 Å². The molecule has 0 aliphatic carbocycles. The number of carbonyl (C=O) groups excluding carboxylic acids is 1. The lowest BCUT2D eigenvalue weighted by molar-refractivity contribution is 0.0240. The van der Waals surface area contributed by atoms with Gasteiger partial charge in [-0.15, -0.1) is 0 Å². The van der Waals surface area contributed by atoms with Gasteiger partial charge in [0.2, 0.25) is 0 Å². The maximum atomic E-state index is 12.4. The summed E-state index contributed by atoms with van der Waals surface area (Å²) >= 11 is 0. The molecular formula is C30H32N6O3. The zero-order chi connectivity index (χ0) is 27.7. The van der Waals surface area contributed by atoms with Crippen LogP contribution < -0.4 is 9.64 Å². The van der Waals surface area contributed by atoms with E-state index in [9.17, 15) is 10.1 Å². The molecule has 2 aromatic carbocycles. The summed E-state index contributed by atoms with van der Waals surface area (Å²) < 4.78 is 10.8. The van der Waals surface area contributed by atoms with Crippen molar-refractivity contribution in [2.24, 2.45) is 0 Å². The average Bonchev–Trinajstić information content (AvgIpc) is 3.31. The highest BCUT2D eigenvalue weighted by Gasteiger charge is 2.26. The fourth-order valence-electron chi connectivity index (χ4n) is 4.88. The average molecular weight is 525 g/mol. The molecule has 9 heteroatoms. The number of aromatic nitrogens is 3. The monoisotopic (exact) mass is 524 g/mol. The number of ether oxygens (including phenoxy) is 2. The maximum absolute atomic E-state index is 12.4. The van der Waals surface area contributed by atoms with Crippen LogP contribution in [0.3, 0.4) is 0 Å². The van der Waals surface area contributed by atoms with E-state index in [1.165, 1.54) is 0 Å². The number of hydrogen-bond donors (Lipinski definition) is 1. The van der Waals surface area contributed by atoms with Gasteiger partial charge in [0.25, 0.3) is 0 Å². The quantitative estimate of drug-likeness (QED) is 0.374. The normalized spacial score (nSPS) is 13.8. The van der Waals surface area contributed by atoms with Gasteiger partial charge in [-0.2, -0.15) is 10.4 Å². The molecule has 1 fully saturated rings. The number of benzene rings is 2. The molecule has 3 heterocycles. The summed E-state index contributed by atoms with van der Waals surface area (Å²) in [6, 6.07) is 18.1. The third kappa shape index (κ3) is 5.23. The van der Waals surface area contributed by atoms with Crippen LogP contribution in [0.5, 0.6) is 5.75 Å². The molecule has 1 saturated heterocycles. The minimum absolute atomic E-state index is 0.272. The molecule has 0 bridgehead atoms. The number of fused-ring (bicyclic) bond motifs is 1. The van der Waals surface area contributed by atoms with E-state index in [0.717, 1.165) is 39.2 Å². The Kier molecular flexibility index (Phi) is 6.87. The first-order chi connectivity index (χ1) is 18.7. The van der Waals surface area contributed by atoms with E-state index in [1.54, 1.807) is 12.0 Å². The van der Waals surface area contributed by atoms with Gasteiger partial charge in [-0.3, -0.25) is 5.10 Å². The minimum atomic E-state index is -0.509. The molecule has 1 aliphatic rings. The Hall–Kier alpha value is -4.58. The van der Waals surface area contributed by atoms with Gasteiger partial charge >= 0.3 is 6.09 Å². The van der Waals surface area contributed by atoms with E-state index in [4.69, 9.17) is 14.5 Å². The number of aromatic amines is 1. The number of pyridine rings is 1. The molecule has 9 nitrogen and oxygen atoms in total. The van der Waals surface area contributed by atoms with Crippen LogP contribution in [0.2, 0.25) is 0 Å². The molecule has 1 aliphatic heterocycles. The Morgan fingerprint density at radius 1 is 1.00 bits per heavy atom. The molecule has 4 aromatic rings.